The average molecular weight is 516 g/mol. The summed E-state index contributed by atoms with van der Waals surface area (Å²) in [7, 11) is -0.645. The molecule has 3 N–H and O–H groups in total. The first-order valence-electron chi connectivity index (χ1n) is 10.1. The molecule has 0 aliphatic rings. The summed E-state index contributed by atoms with van der Waals surface area (Å²) in [4.78, 5) is 12.6. The monoisotopic (exact) mass is 515 g/mol. The highest BCUT2D eigenvalue weighted by molar-refractivity contribution is 7.89. The summed E-state index contributed by atoms with van der Waals surface area (Å²) in [6.07, 6.45) is 0. The summed E-state index contributed by atoms with van der Waals surface area (Å²) in [5, 5.41) is 19.2. The van der Waals surface area contributed by atoms with Crippen LogP contribution in [0.5, 0.6) is 0 Å². The Labute approximate surface area is 205 Å². The van der Waals surface area contributed by atoms with E-state index in [9.17, 15) is 17.6 Å². The lowest BCUT2D eigenvalue weighted by Gasteiger charge is -2.14. The summed E-state index contributed by atoms with van der Waals surface area (Å²) in [6, 6.07) is 14.7. The van der Waals surface area contributed by atoms with Crippen molar-refractivity contribution in [3.8, 4) is 22.5 Å². The van der Waals surface area contributed by atoms with Crippen LogP contribution in [0.2, 0.25) is 5.02 Å². The van der Waals surface area contributed by atoms with Gasteiger partial charge in [-0.3, -0.25) is 0 Å². The molecule has 0 radical (unpaired) electrons. The second-order valence-electron chi connectivity index (χ2n) is 7.52. The highest BCUT2D eigenvalue weighted by atomic mass is 35.5. The van der Waals surface area contributed by atoms with Crippen LogP contribution in [0.4, 0.5) is 20.6 Å². The summed E-state index contributed by atoms with van der Waals surface area (Å²) < 4.78 is 39.2. The molecule has 2 amide bonds. The third-order valence-electron chi connectivity index (χ3n) is 4.99. The molecular weight excluding hydrogens is 497 g/mol. The van der Waals surface area contributed by atoms with Gasteiger partial charge in [-0.2, -0.15) is 5.21 Å². The molecule has 0 atom stereocenters. The van der Waals surface area contributed by atoms with Gasteiger partial charge in [0, 0.05) is 31.0 Å². The number of tetrazole rings is 1. The van der Waals surface area contributed by atoms with Crippen LogP contribution in [-0.4, -0.2) is 53.5 Å². The minimum atomic E-state index is -3.57. The number of hydrogen-bond acceptors (Lipinski definition) is 6. The van der Waals surface area contributed by atoms with Gasteiger partial charge in [0.1, 0.15) is 5.82 Å². The zero-order chi connectivity index (χ0) is 25.2. The van der Waals surface area contributed by atoms with E-state index >= 15 is 0 Å². The Morgan fingerprint density at radius 3 is 2.23 bits per heavy atom. The first kappa shape index (κ1) is 24.3. The third kappa shape index (κ3) is 5.29. The minimum Gasteiger partial charge on any atom is -0.308 e. The van der Waals surface area contributed by atoms with Crippen molar-refractivity contribution in [2.75, 3.05) is 24.7 Å². The molecule has 0 aliphatic heterocycles. The molecule has 0 spiro atoms. The van der Waals surface area contributed by atoms with Crippen LogP contribution in [0.25, 0.3) is 22.5 Å². The molecule has 0 aliphatic carbocycles. The van der Waals surface area contributed by atoms with Gasteiger partial charge in [-0.25, -0.2) is 21.9 Å². The van der Waals surface area contributed by atoms with E-state index in [2.05, 4.69) is 31.3 Å². The van der Waals surface area contributed by atoms with Gasteiger partial charge in [-0.05, 0) is 58.8 Å². The number of amides is 2. The van der Waals surface area contributed by atoms with Crippen molar-refractivity contribution in [2.45, 2.75) is 4.90 Å². The Morgan fingerprint density at radius 1 is 0.971 bits per heavy atom. The SMILES string of the molecule is CN(C)S(=O)(=O)c1ccc(-c2ccc(NC(=O)Nc3ccc(F)c(Cl)c3)cc2-c2nn[nH]n2)cc1. The lowest BCUT2D eigenvalue weighted by Crippen LogP contribution is -2.22. The van der Waals surface area contributed by atoms with Gasteiger partial charge >= 0.3 is 6.03 Å². The topological polar surface area (TPSA) is 133 Å². The van der Waals surface area contributed by atoms with Gasteiger partial charge in [0.2, 0.25) is 15.8 Å². The van der Waals surface area contributed by atoms with Gasteiger partial charge in [0.25, 0.3) is 0 Å². The van der Waals surface area contributed by atoms with Crippen LogP contribution in [0.1, 0.15) is 0 Å². The molecule has 35 heavy (non-hydrogen) atoms. The largest absolute Gasteiger partial charge is 0.323 e. The van der Waals surface area contributed by atoms with Gasteiger partial charge in [0.05, 0.1) is 9.92 Å². The number of benzene rings is 3. The number of nitrogens with one attached hydrogen (secondary N) is 3. The van der Waals surface area contributed by atoms with E-state index in [4.69, 9.17) is 11.6 Å². The molecule has 180 valence electrons. The number of nitrogens with zero attached hydrogens (tertiary/aromatic N) is 4. The van der Waals surface area contributed by atoms with Crippen molar-refractivity contribution in [3.05, 3.63) is 71.5 Å². The van der Waals surface area contributed by atoms with E-state index in [0.717, 1.165) is 10.4 Å². The number of rotatable bonds is 6. The molecule has 4 rings (SSSR count). The van der Waals surface area contributed by atoms with Gasteiger partial charge < -0.3 is 10.6 Å². The molecule has 3 aromatic carbocycles. The van der Waals surface area contributed by atoms with Crippen LogP contribution < -0.4 is 10.6 Å². The van der Waals surface area contributed by atoms with Crippen molar-refractivity contribution in [1.82, 2.24) is 24.9 Å². The highest BCUT2D eigenvalue weighted by Gasteiger charge is 2.18. The molecule has 0 bridgehead atoms. The number of carbonyl (C=O) groups excluding carboxylic acids is 1. The molecular formula is C22H19ClFN7O3S. The van der Waals surface area contributed by atoms with Crippen molar-refractivity contribution in [2.24, 2.45) is 0 Å². The highest BCUT2D eigenvalue weighted by Crippen LogP contribution is 2.33. The average Bonchev–Trinajstić information content (AvgIpc) is 3.36. The first-order valence-corrected chi connectivity index (χ1v) is 11.9. The number of halogens is 2. The summed E-state index contributed by atoms with van der Waals surface area (Å²) >= 11 is 5.76. The standard InChI is InChI=1S/C22H19ClFN7O3S/c1-31(2)35(33,34)16-7-3-13(4-8-16)17-9-5-14(11-18(17)21-27-29-30-28-21)25-22(32)26-15-6-10-20(24)19(23)12-15/h3-12H,1-2H3,(H2,25,26,32)(H,27,28,29,30). The number of carbonyl (C=O) groups is 1. The number of anilines is 2. The number of aromatic amines is 1. The molecule has 10 nitrogen and oxygen atoms in total. The van der Waals surface area contributed by atoms with Crippen LogP contribution in [0.15, 0.2) is 65.6 Å². The number of sulfonamides is 1. The molecule has 0 saturated heterocycles. The third-order valence-corrected chi connectivity index (χ3v) is 7.10. The smallest absolute Gasteiger partial charge is 0.308 e. The molecule has 1 heterocycles. The van der Waals surface area contributed by atoms with Gasteiger partial charge in [-0.1, -0.05) is 29.8 Å². The van der Waals surface area contributed by atoms with Gasteiger partial charge in [-0.15, -0.1) is 10.2 Å². The minimum absolute atomic E-state index is 0.115. The predicted molar refractivity (Wildman–Crippen MR) is 130 cm³/mol. The van der Waals surface area contributed by atoms with Crippen molar-refractivity contribution >= 4 is 39.0 Å². The Morgan fingerprint density at radius 2 is 1.63 bits per heavy atom. The zero-order valence-corrected chi connectivity index (χ0v) is 20.0. The lowest BCUT2D eigenvalue weighted by atomic mass is 9.98. The maximum absolute atomic E-state index is 13.3. The fourth-order valence-corrected chi connectivity index (χ4v) is 4.30. The predicted octanol–water partition coefficient (Wildman–Crippen LogP) is 4.22. The van der Waals surface area contributed by atoms with Gasteiger partial charge in [0.15, 0.2) is 0 Å². The molecule has 0 fully saturated rings. The van der Waals surface area contributed by atoms with E-state index in [1.165, 1.54) is 38.4 Å². The Hall–Kier alpha value is -3.87. The van der Waals surface area contributed by atoms with E-state index < -0.39 is 21.9 Å². The Bertz CT molecular complexity index is 1480. The maximum Gasteiger partial charge on any atom is 0.323 e. The number of urea groups is 1. The summed E-state index contributed by atoms with van der Waals surface area (Å²) in [6.45, 7) is 0. The molecule has 13 heteroatoms. The van der Waals surface area contributed by atoms with Crippen LogP contribution >= 0.6 is 11.6 Å². The van der Waals surface area contributed by atoms with Crippen LogP contribution in [0, 0.1) is 5.82 Å². The molecule has 4 aromatic rings. The van der Waals surface area contributed by atoms with E-state index in [-0.39, 0.29) is 15.7 Å². The number of aromatic nitrogens is 4. The normalized spacial score (nSPS) is 11.5. The second kappa shape index (κ2) is 9.78. The van der Waals surface area contributed by atoms with Crippen molar-refractivity contribution in [1.29, 1.82) is 0 Å². The van der Waals surface area contributed by atoms with Crippen LogP contribution in [0.3, 0.4) is 0 Å². The summed E-state index contributed by atoms with van der Waals surface area (Å²) in [5.74, 6) is -0.315. The van der Waals surface area contributed by atoms with Crippen molar-refractivity contribution < 1.29 is 17.6 Å². The van der Waals surface area contributed by atoms with E-state index in [1.54, 1.807) is 30.3 Å². The van der Waals surface area contributed by atoms with E-state index in [1.807, 2.05) is 0 Å². The maximum atomic E-state index is 13.3. The number of hydrogen-bond donors (Lipinski definition) is 3. The Kier molecular flexibility index (Phi) is 6.78. The molecule has 1 aromatic heterocycles. The fraction of sp³-hybridized carbons (Fsp3) is 0.0909. The zero-order valence-electron chi connectivity index (χ0n) is 18.5. The van der Waals surface area contributed by atoms with Crippen molar-refractivity contribution in [3.63, 3.8) is 0 Å². The van der Waals surface area contributed by atoms with Crippen LogP contribution in [-0.2, 0) is 10.0 Å². The lowest BCUT2D eigenvalue weighted by molar-refractivity contribution is 0.262. The van der Waals surface area contributed by atoms with E-state index in [0.29, 0.717) is 28.1 Å². The molecule has 0 unspecified atom stereocenters. The molecule has 0 saturated carbocycles. The Balaban J connectivity index is 1.63. The summed E-state index contributed by atoms with van der Waals surface area (Å²) in [5.41, 5.74) is 2.68. The first-order chi connectivity index (χ1) is 16.6. The second-order valence-corrected chi connectivity index (χ2v) is 10.1. The number of H-pyrrole nitrogens is 1. The quantitative estimate of drug-likeness (QED) is 0.352. The fourth-order valence-electron chi connectivity index (χ4n) is 3.22.